The third-order valence-electron chi connectivity index (χ3n) is 1.28. The molecule has 5 heteroatoms. The number of nitrogens with zero attached hydrogens (tertiary/aromatic N) is 2. The fourth-order valence-corrected chi connectivity index (χ4v) is 1.29. The second-order valence-electron chi connectivity index (χ2n) is 2.31. The lowest BCUT2D eigenvalue weighted by Gasteiger charge is -1.86. The molecule has 0 atom stereocenters. The zero-order valence-corrected chi connectivity index (χ0v) is 9.94. The number of hydrogen-bond acceptors (Lipinski definition) is 3. The number of thioether (sulfide) groups is 1. The van der Waals surface area contributed by atoms with E-state index in [0.717, 1.165) is 23.8 Å². The number of hydrogen-bond donors (Lipinski definition) is 1. The largest absolute Gasteiger partial charge is 0.262 e. The number of aryl methyl sites for hydroxylation is 1. The van der Waals surface area contributed by atoms with Crippen LogP contribution in [0.5, 0.6) is 0 Å². The van der Waals surface area contributed by atoms with Crippen molar-refractivity contribution in [3.05, 3.63) is 5.82 Å². The van der Waals surface area contributed by atoms with E-state index in [4.69, 9.17) is 6.42 Å². The zero-order valence-electron chi connectivity index (χ0n) is 7.41. The van der Waals surface area contributed by atoms with Gasteiger partial charge < -0.3 is 0 Å². The van der Waals surface area contributed by atoms with Gasteiger partial charge in [0.2, 0.25) is 5.16 Å². The minimum absolute atomic E-state index is 0. The molecule has 0 aliphatic carbocycles. The normalized spacial score (nSPS) is 8.92. The topological polar surface area (TPSA) is 41.6 Å². The number of aromatic amines is 1. The first-order valence-corrected chi connectivity index (χ1v) is 4.83. The second kappa shape index (κ2) is 6.98. The number of H-pyrrole nitrogens is 1. The van der Waals surface area contributed by atoms with E-state index >= 15 is 0 Å². The van der Waals surface area contributed by atoms with Crippen LogP contribution in [0.4, 0.5) is 0 Å². The summed E-state index contributed by atoms with van der Waals surface area (Å²) in [6.45, 7) is 2.11. The first-order chi connectivity index (χ1) is 5.86. The molecule has 0 bridgehead atoms. The van der Waals surface area contributed by atoms with Crippen LogP contribution in [0.25, 0.3) is 0 Å². The highest BCUT2D eigenvalue weighted by Crippen LogP contribution is 2.11. The number of halogens is 1. The Labute approximate surface area is 92.9 Å². The average molecular weight is 262 g/mol. The molecule has 0 saturated carbocycles. The molecule has 13 heavy (non-hydrogen) atoms. The van der Waals surface area contributed by atoms with Crippen LogP contribution < -0.4 is 0 Å². The first kappa shape index (κ1) is 12.5. The van der Waals surface area contributed by atoms with Crippen molar-refractivity contribution in [3.8, 4) is 12.3 Å². The predicted molar refractivity (Wildman–Crippen MR) is 60.3 cm³/mol. The monoisotopic (exact) mass is 261 g/mol. The summed E-state index contributed by atoms with van der Waals surface area (Å²) in [5.41, 5.74) is 0. The Balaban J connectivity index is 0.00000144. The summed E-state index contributed by atoms with van der Waals surface area (Å²) < 4.78 is 0. The second-order valence-corrected chi connectivity index (χ2v) is 3.25. The van der Waals surface area contributed by atoms with E-state index in [1.165, 1.54) is 11.8 Å². The molecule has 0 aliphatic rings. The van der Waals surface area contributed by atoms with Gasteiger partial charge in [-0.15, -0.1) is 28.5 Å². The third-order valence-corrected chi connectivity index (χ3v) is 2.03. The molecule has 1 N–H and O–H groups in total. The maximum Gasteiger partial charge on any atom is 0.209 e. The molecule has 1 aromatic rings. The summed E-state index contributed by atoms with van der Waals surface area (Å²) in [5.74, 6) is 4.10. The molecule has 72 valence electrons. The van der Waals surface area contributed by atoms with Crippen LogP contribution in [-0.2, 0) is 6.42 Å². The molecule has 1 aromatic heterocycles. The van der Waals surface area contributed by atoms with E-state index in [1.54, 1.807) is 0 Å². The standard InChI is InChI=1S/C8H11N3S.BrH/c1-3-5-7-9-8(11-10-7)12-6-4-2;/h2H,3,5-6H2,1H3,(H,9,10,11);1H. The smallest absolute Gasteiger partial charge is 0.209 e. The number of aromatic nitrogens is 3. The fraction of sp³-hybridized carbons (Fsp3) is 0.500. The van der Waals surface area contributed by atoms with Gasteiger partial charge in [-0.25, -0.2) is 4.98 Å². The Bertz CT molecular complexity index is 279. The Morgan fingerprint density at radius 1 is 1.62 bits per heavy atom. The van der Waals surface area contributed by atoms with E-state index in [0.29, 0.717) is 5.75 Å². The molecule has 0 radical (unpaired) electrons. The van der Waals surface area contributed by atoms with Crippen LogP contribution in [0, 0.1) is 12.3 Å². The molecule has 0 spiro atoms. The van der Waals surface area contributed by atoms with Crippen molar-refractivity contribution in [2.24, 2.45) is 0 Å². The molecule has 0 aromatic carbocycles. The van der Waals surface area contributed by atoms with Crippen molar-refractivity contribution in [3.63, 3.8) is 0 Å². The van der Waals surface area contributed by atoms with Crippen molar-refractivity contribution in [1.29, 1.82) is 0 Å². The number of nitrogens with one attached hydrogen (secondary N) is 1. The van der Waals surface area contributed by atoms with E-state index < -0.39 is 0 Å². The van der Waals surface area contributed by atoms with Crippen LogP contribution in [0.3, 0.4) is 0 Å². The third kappa shape index (κ3) is 4.34. The van der Waals surface area contributed by atoms with Gasteiger partial charge in [-0.05, 0) is 6.42 Å². The minimum Gasteiger partial charge on any atom is -0.262 e. The van der Waals surface area contributed by atoms with Crippen molar-refractivity contribution in [2.45, 2.75) is 24.9 Å². The fourth-order valence-electron chi connectivity index (χ4n) is 0.797. The lowest BCUT2D eigenvalue weighted by Crippen LogP contribution is -1.84. The van der Waals surface area contributed by atoms with Crippen molar-refractivity contribution in [1.82, 2.24) is 15.2 Å². The summed E-state index contributed by atoms with van der Waals surface area (Å²) in [7, 11) is 0. The van der Waals surface area contributed by atoms with E-state index in [1.807, 2.05) is 0 Å². The van der Waals surface area contributed by atoms with E-state index in [-0.39, 0.29) is 17.0 Å². The lowest BCUT2D eigenvalue weighted by molar-refractivity contribution is 0.840. The Kier molecular flexibility index (Phi) is 6.73. The molecule has 0 unspecified atom stereocenters. The maximum absolute atomic E-state index is 5.11. The highest BCUT2D eigenvalue weighted by atomic mass is 79.9. The molecule has 3 nitrogen and oxygen atoms in total. The number of rotatable bonds is 4. The van der Waals surface area contributed by atoms with Crippen LogP contribution >= 0.6 is 28.7 Å². The molecule has 0 fully saturated rings. The SMILES string of the molecule is Br.C#CCSc1n[nH]c(CCC)n1. The van der Waals surface area contributed by atoms with E-state index in [2.05, 4.69) is 28.0 Å². The van der Waals surface area contributed by atoms with Gasteiger partial charge in [-0.1, -0.05) is 24.6 Å². The lowest BCUT2D eigenvalue weighted by atomic mass is 10.3. The molecule has 0 aliphatic heterocycles. The van der Waals surface area contributed by atoms with Gasteiger partial charge in [-0.2, -0.15) is 0 Å². The van der Waals surface area contributed by atoms with Gasteiger partial charge in [-0.3, -0.25) is 5.10 Å². The van der Waals surface area contributed by atoms with Crippen molar-refractivity contribution >= 4 is 28.7 Å². The summed E-state index contributed by atoms with van der Waals surface area (Å²) in [6.07, 6.45) is 7.13. The van der Waals surface area contributed by atoms with Gasteiger partial charge in [0.1, 0.15) is 5.82 Å². The van der Waals surface area contributed by atoms with Gasteiger partial charge in [0.05, 0.1) is 5.75 Å². The molecule has 1 heterocycles. The summed E-state index contributed by atoms with van der Waals surface area (Å²) >= 11 is 1.48. The Hall–Kier alpha value is -0.470. The number of terminal acetylenes is 1. The highest BCUT2D eigenvalue weighted by molar-refractivity contribution is 8.93. The molecule has 1 rings (SSSR count). The Morgan fingerprint density at radius 2 is 2.38 bits per heavy atom. The Morgan fingerprint density at radius 3 is 3.00 bits per heavy atom. The van der Waals surface area contributed by atoms with Gasteiger partial charge in [0.25, 0.3) is 0 Å². The van der Waals surface area contributed by atoms with Gasteiger partial charge in [0, 0.05) is 6.42 Å². The summed E-state index contributed by atoms with van der Waals surface area (Å²) in [4.78, 5) is 4.24. The maximum atomic E-state index is 5.11. The van der Waals surface area contributed by atoms with Gasteiger partial charge in [0.15, 0.2) is 0 Å². The van der Waals surface area contributed by atoms with Crippen LogP contribution in [0.15, 0.2) is 5.16 Å². The van der Waals surface area contributed by atoms with Crippen LogP contribution in [0.2, 0.25) is 0 Å². The predicted octanol–water partition coefficient (Wildman–Crippen LogP) is 2.06. The minimum atomic E-state index is 0. The summed E-state index contributed by atoms with van der Waals surface area (Å²) in [5, 5.41) is 7.62. The summed E-state index contributed by atoms with van der Waals surface area (Å²) in [6, 6.07) is 0. The highest BCUT2D eigenvalue weighted by Gasteiger charge is 2.00. The van der Waals surface area contributed by atoms with Gasteiger partial charge >= 0.3 is 0 Å². The molecular weight excluding hydrogens is 250 g/mol. The molecule has 0 amide bonds. The average Bonchev–Trinajstić information content (AvgIpc) is 2.50. The molecule has 0 saturated heterocycles. The zero-order chi connectivity index (χ0) is 8.81. The van der Waals surface area contributed by atoms with Crippen LogP contribution in [-0.4, -0.2) is 20.9 Å². The van der Waals surface area contributed by atoms with Crippen LogP contribution in [0.1, 0.15) is 19.2 Å². The quantitative estimate of drug-likeness (QED) is 0.667. The van der Waals surface area contributed by atoms with Crippen molar-refractivity contribution < 1.29 is 0 Å². The van der Waals surface area contributed by atoms with E-state index in [9.17, 15) is 0 Å². The van der Waals surface area contributed by atoms with Crippen molar-refractivity contribution in [2.75, 3.05) is 5.75 Å². The first-order valence-electron chi connectivity index (χ1n) is 3.84. The molecular formula is C8H12BrN3S.